The zero-order valence-electron chi connectivity index (χ0n) is 11.8. The Morgan fingerprint density at radius 3 is 2.39 bits per heavy atom. The molecule has 0 aromatic heterocycles. The van der Waals surface area contributed by atoms with E-state index in [0.29, 0.717) is 12.0 Å². The third-order valence-corrected chi connectivity index (χ3v) is 5.32. The molecular weight excluding hydrogens is 238 g/mol. The molecule has 2 unspecified atom stereocenters. The van der Waals surface area contributed by atoms with Gasteiger partial charge < -0.3 is 5.32 Å². The third kappa shape index (κ3) is 3.52. The van der Waals surface area contributed by atoms with Crippen LogP contribution in [0.2, 0.25) is 0 Å². The molecule has 1 aromatic rings. The maximum Gasteiger partial charge on any atom is 0.0248 e. The van der Waals surface area contributed by atoms with E-state index in [-0.39, 0.29) is 0 Å². The minimum Gasteiger partial charge on any atom is -0.316 e. The summed E-state index contributed by atoms with van der Waals surface area (Å²) >= 11 is 2.06. The van der Waals surface area contributed by atoms with Crippen LogP contribution in [-0.2, 0) is 0 Å². The second-order valence-corrected chi connectivity index (χ2v) is 6.87. The van der Waals surface area contributed by atoms with E-state index in [1.807, 2.05) is 0 Å². The average Bonchev–Trinajstić information content (AvgIpc) is 2.40. The van der Waals surface area contributed by atoms with Gasteiger partial charge in [-0.25, -0.2) is 0 Å². The smallest absolute Gasteiger partial charge is 0.0248 e. The number of hydrogen-bond acceptors (Lipinski definition) is 2. The summed E-state index contributed by atoms with van der Waals surface area (Å²) in [6.07, 6.45) is 5.45. The molecule has 0 spiro atoms. The molecule has 18 heavy (non-hydrogen) atoms. The summed E-state index contributed by atoms with van der Waals surface area (Å²) < 4.78 is 0. The molecule has 2 rings (SSSR count). The summed E-state index contributed by atoms with van der Waals surface area (Å²) in [7, 11) is 2.10. The Morgan fingerprint density at radius 1 is 1.11 bits per heavy atom. The SMILES string of the molecule is CNC1CCCCC1Sc1ccc(C(C)C)cc1. The van der Waals surface area contributed by atoms with Crippen molar-refractivity contribution >= 4 is 11.8 Å². The topological polar surface area (TPSA) is 12.0 Å². The van der Waals surface area contributed by atoms with Gasteiger partial charge in [0.15, 0.2) is 0 Å². The zero-order chi connectivity index (χ0) is 13.0. The van der Waals surface area contributed by atoms with Crippen molar-refractivity contribution in [2.75, 3.05) is 7.05 Å². The Morgan fingerprint density at radius 2 is 1.78 bits per heavy atom. The summed E-state index contributed by atoms with van der Waals surface area (Å²) in [5, 5.41) is 4.23. The Balaban J connectivity index is 1.99. The van der Waals surface area contributed by atoms with Crippen LogP contribution < -0.4 is 5.32 Å². The lowest BCUT2D eigenvalue weighted by molar-refractivity contribution is 0.405. The van der Waals surface area contributed by atoms with Crippen molar-refractivity contribution in [1.29, 1.82) is 0 Å². The normalized spacial score (nSPS) is 24.4. The van der Waals surface area contributed by atoms with Crippen LogP contribution >= 0.6 is 11.8 Å². The van der Waals surface area contributed by atoms with E-state index in [1.54, 1.807) is 0 Å². The Hall–Kier alpha value is -0.470. The van der Waals surface area contributed by atoms with Crippen molar-refractivity contribution in [3.05, 3.63) is 29.8 Å². The van der Waals surface area contributed by atoms with Crippen LogP contribution in [0.5, 0.6) is 0 Å². The number of benzene rings is 1. The second-order valence-electron chi connectivity index (χ2n) is 5.56. The molecule has 1 aliphatic rings. The third-order valence-electron chi connectivity index (χ3n) is 3.91. The molecule has 1 aliphatic carbocycles. The molecular formula is C16H25NS. The number of nitrogens with one attached hydrogen (secondary N) is 1. The van der Waals surface area contributed by atoms with Gasteiger partial charge in [-0.15, -0.1) is 11.8 Å². The monoisotopic (exact) mass is 263 g/mol. The number of thioether (sulfide) groups is 1. The predicted molar refractivity (Wildman–Crippen MR) is 81.5 cm³/mol. The molecule has 1 aromatic carbocycles. The molecule has 0 saturated heterocycles. The van der Waals surface area contributed by atoms with Gasteiger partial charge in [0, 0.05) is 16.2 Å². The van der Waals surface area contributed by atoms with Crippen molar-refractivity contribution in [1.82, 2.24) is 5.32 Å². The first-order valence-electron chi connectivity index (χ1n) is 7.14. The maximum atomic E-state index is 3.48. The van der Waals surface area contributed by atoms with E-state index in [0.717, 1.165) is 5.25 Å². The highest BCUT2D eigenvalue weighted by atomic mass is 32.2. The molecule has 1 N–H and O–H groups in total. The molecule has 2 atom stereocenters. The highest BCUT2D eigenvalue weighted by molar-refractivity contribution is 8.00. The van der Waals surface area contributed by atoms with Crippen LogP contribution in [0.1, 0.15) is 51.0 Å². The fourth-order valence-electron chi connectivity index (χ4n) is 2.67. The second kappa shape index (κ2) is 6.63. The fraction of sp³-hybridized carbons (Fsp3) is 0.625. The van der Waals surface area contributed by atoms with Gasteiger partial charge in [-0.2, -0.15) is 0 Å². The number of hydrogen-bond donors (Lipinski definition) is 1. The van der Waals surface area contributed by atoms with E-state index in [1.165, 1.54) is 36.1 Å². The highest BCUT2D eigenvalue weighted by Crippen LogP contribution is 2.34. The molecule has 0 bridgehead atoms. The van der Waals surface area contributed by atoms with Crippen molar-refractivity contribution in [2.45, 2.75) is 61.6 Å². The first-order chi connectivity index (χ1) is 8.70. The van der Waals surface area contributed by atoms with Crippen LogP contribution in [-0.4, -0.2) is 18.3 Å². The summed E-state index contributed by atoms with van der Waals surface area (Å²) in [6, 6.07) is 9.84. The Bertz CT molecular complexity index is 358. The van der Waals surface area contributed by atoms with Gasteiger partial charge in [-0.3, -0.25) is 0 Å². The minimum absolute atomic E-state index is 0.629. The first kappa shape index (κ1) is 14.0. The van der Waals surface area contributed by atoms with Gasteiger partial charge in [0.1, 0.15) is 0 Å². The van der Waals surface area contributed by atoms with Crippen LogP contribution in [0.3, 0.4) is 0 Å². The van der Waals surface area contributed by atoms with Gasteiger partial charge in [-0.1, -0.05) is 38.8 Å². The maximum absolute atomic E-state index is 3.48. The van der Waals surface area contributed by atoms with Gasteiger partial charge in [-0.05, 0) is 43.5 Å². The van der Waals surface area contributed by atoms with Crippen LogP contribution in [0.25, 0.3) is 0 Å². The van der Waals surface area contributed by atoms with E-state index in [2.05, 4.69) is 62.2 Å². The van der Waals surface area contributed by atoms with E-state index >= 15 is 0 Å². The summed E-state index contributed by atoms with van der Waals surface area (Å²) in [4.78, 5) is 1.42. The number of rotatable bonds is 4. The molecule has 0 amide bonds. The standard InChI is InChI=1S/C16H25NS/c1-12(2)13-8-10-14(11-9-13)18-16-7-5-4-6-15(16)17-3/h8-12,15-17H,4-7H2,1-3H3. The zero-order valence-corrected chi connectivity index (χ0v) is 12.6. The Kier molecular flexibility index (Phi) is 5.13. The largest absolute Gasteiger partial charge is 0.316 e. The summed E-state index contributed by atoms with van der Waals surface area (Å²) in [5.74, 6) is 0.629. The molecule has 100 valence electrons. The van der Waals surface area contributed by atoms with Gasteiger partial charge >= 0.3 is 0 Å². The van der Waals surface area contributed by atoms with Crippen molar-refractivity contribution < 1.29 is 0 Å². The molecule has 2 heteroatoms. The highest BCUT2D eigenvalue weighted by Gasteiger charge is 2.24. The first-order valence-corrected chi connectivity index (χ1v) is 8.02. The average molecular weight is 263 g/mol. The summed E-state index contributed by atoms with van der Waals surface area (Å²) in [6.45, 7) is 4.50. The lowest BCUT2D eigenvalue weighted by Crippen LogP contribution is -2.38. The molecule has 0 radical (unpaired) electrons. The predicted octanol–water partition coefficient (Wildman–Crippen LogP) is 4.43. The summed E-state index contributed by atoms with van der Waals surface area (Å²) in [5.41, 5.74) is 1.44. The van der Waals surface area contributed by atoms with Crippen LogP contribution in [0, 0.1) is 0 Å². The van der Waals surface area contributed by atoms with Crippen molar-refractivity contribution in [3.63, 3.8) is 0 Å². The van der Waals surface area contributed by atoms with Crippen molar-refractivity contribution in [2.24, 2.45) is 0 Å². The van der Waals surface area contributed by atoms with Gasteiger partial charge in [0.25, 0.3) is 0 Å². The van der Waals surface area contributed by atoms with Crippen molar-refractivity contribution in [3.8, 4) is 0 Å². The van der Waals surface area contributed by atoms with E-state index in [4.69, 9.17) is 0 Å². The van der Waals surface area contributed by atoms with Crippen LogP contribution in [0.15, 0.2) is 29.2 Å². The fourth-order valence-corrected chi connectivity index (χ4v) is 4.04. The quantitative estimate of drug-likeness (QED) is 0.862. The Labute approximate surface area is 116 Å². The molecule has 1 nitrogen and oxygen atoms in total. The molecule has 0 heterocycles. The van der Waals surface area contributed by atoms with E-state index < -0.39 is 0 Å². The van der Waals surface area contributed by atoms with Gasteiger partial charge in [0.2, 0.25) is 0 Å². The molecule has 1 fully saturated rings. The van der Waals surface area contributed by atoms with Crippen LogP contribution in [0.4, 0.5) is 0 Å². The minimum atomic E-state index is 0.629. The van der Waals surface area contributed by atoms with E-state index in [9.17, 15) is 0 Å². The molecule has 0 aliphatic heterocycles. The van der Waals surface area contributed by atoms with Gasteiger partial charge in [0.05, 0.1) is 0 Å². The lowest BCUT2D eigenvalue weighted by atomic mass is 9.95. The molecule has 1 saturated carbocycles. The lowest BCUT2D eigenvalue weighted by Gasteiger charge is -2.30.